The number of rotatable bonds is 9. The van der Waals surface area contributed by atoms with E-state index in [-0.39, 0.29) is 0 Å². The molecule has 4 aromatic rings. The Balaban J connectivity index is 1.33. The second kappa shape index (κ2) is 9.44. The van der Waals surface area contributed by atoms with Gasteiger partial charge in [0.05, 0.1) is 12.2 Å². The third kappa shape index (κ3) is 4.69. The first-order valence-corrected chi connectivity index (χ1v) is 10.5. The third-order valence-electron chi connectivity index (χ3n) is 4.30. The van der Waals surface area contributed by atoms with Crippen molar-refractivity contribution in [1.82, 2.24) is 40.5 Å². The average Bonchev–Trinajstić information content (AvgIpc) is 3.42. The van der Waals surface area contributed by atoms with Crippen LogP contribution in [-0.4, -0.2) is 47.5 Å². The number of nitrogens with zero attached hydrogens (tertiary/aromatic N) is 7. The fraction of sp³-hybridized carbons (Fsp3) is 0.250. The van der Waals surface area contributed by atoms with E-state index >= 15 is 0 Å². The van der Waals surface area contributed by atoms with Crippen LogP contribution >= 0.6 is 11.8 Å². The minimum Gasteiger partial charge on any atom is -0.310 e. The van der Waals surface area contributed by atoms with Gasteiger partial charge in [0.25, 0.3) is 0 Å². The van der Waals surface area contributed by atoms with E-state index in [0.717, 1.165) is 46.6 Å². The molecule has 2 aromatic heterocycles. The van der Waals surface area contributed by atoms with Gasteiger partial charge in [-0.3, -0.25) is 0 Å². The summed E-state index contributed by atoms with van der Waals surface area (Å²) >= 11 is 1.62. The summed E-state index contributed by atoms with van der Waals surface area (Å²) in [6.45, 7) is 4.26. The van der Waals surface area contributed by atoms with Crippen molar-refractivity contribution in [2.75, 3.05) is 12.3 Å². The maximum Gasteiger partial charge on any atom is 0.214 e. The Morgan fingerprint density at radius 2 is 1.72 bits per heavy atom. The summed E-state index contributed by atoms with van der Waals surface area (Å²) in [5.74, 6) is 0.843. The van der Waals surface area contributed by atoms with Crippen molar-refractivity contribution in [3.63, 3.8) is 0 Å². The number of aromatic nitrogens is 7. The highest BCUT2D eigenvalue weighted by molar-refractivity contribution is 7.99. The van der Waals surface area contributed by atoms with Crippen LogP contribution in [0, 0.1) is 0 Å². The molecule has 8 nitrogen and oxygen atoms in total. The Labute approximate surface area is 173 Å². The predicted molar refractivity (Wildman–Crippen MR) is 113 cm³/mol. The lowest BCUT2D eigenvalue weighted by atomic mass is 10.1. The Morgan fingerprint density at radius 1 is 0.966 bits per heavy atom. The molecule has 0 atom stereocenters. The summed E-state index contributed by atoms with van der Waals surface area (Å²) in [6.07, 6.45) is 0. The fourth-order valence-corrected chi connectivity index (χ4v) is 3.67. The van der Waals surface area contributed by atoms with Gasteiger partial charge in [-0.05, 0) is 29.5 Å². The quantitative estimate of drug-likeness (QED) is 0.338. The second-order valence-electron chi connectivity index (χ2n) is 6.28. The number of thioether (sulfide) groups is 1. The SMILES string of the molecule is CCn1nc(CNCCSc2nnnn2-c2ccccc2)c(-c2ccccc2)n1. The van der Waals surface area contributed by atoms with E-state index in [1.807, 2.05) is 55.5 Å². The first kappa shape index (κ1) is 19.3. The molecule has 0 fully saturated rings. The molecule has 9 heteroatoms. The van der Waals surface area contributed by atoms with Gasteiger partial charge in [-0.2, -0.15) is 19.7 Å². The number of tetrazole rings is 1. The smallest absolute Gasteiger partial charge is 0.214 e. The predicted octanol–water partition coefficient (Wildman–Crippen LogP) is 2.82. The number of aryl methyl sites for hydroxylation is 1. The van der Waals surface area contributed by atoms with Crippen LogP contribution in [0.15, 0.2) is 65.8 Å². The summed E-state index contributed by atoms with van der Waals surface area (Å²) in [6, 6.07) is 20.1. The highest BCUT2D eigenvalue weighted by Crippen LogP contribution is 2.20. The zero-order valence-electron chi connectivity index (χ0n) is 16.1. The Kier molecular flexibility index (Phi) is 6.28. The van der Waals surface area contributed by atoms with Crippen molar-refractivity contribution in [2.45, 2.75) is 25.2 Å². The lowest BCUT2D eigenvalue weighted by molar-refractivity contribution is 0.559. The molecule has 0 aliphatic carbocycles. The van der Waals surface area contributed by atoms with E-state index in [0.29, 0.717) is 6.54 Å². The molecule has 0 saturated carbocycles. The topological polar surface area (TPSA) is 86.3 Å². The molecule has 2 aromatic carbocycles. The number of hydrogen-bond acceptors (Lipinski definition) is 7. The fourth-order valence-electron chi connectivity index (χ4n) is 2.88. The molecular weight excluding hydrogens is 384 g/mol. The number of nitrogens with one attached hydrogen (secondary N) is 1. The second-order valence-corrected chi connectivity index (χ2v) is 7.35. The van der Waals surface area contributed by atoms with E-state index in [9.17, 15) is 0 Å². The highest BCUT2D eigenvalue weighted by atomic mass is 32.2. The van der Waals surface area contributed by atoms with Crippen molar-refractivity contribution in [3.8, 4) is 16.9 Å². The zero-order valence-corrected chi connectivity index (χ0v) is 17.0. The van der Waals surface area contributed by atoms with Crippen LogP contribution in [-0.2, 0) is 13.1 Å². The molecule has 29 heavy (non-hydrogen) atoms. The van der Waals surface area contributed by atoms with Crippen molar-refractivity contribution >= 4 is 11.8 Å². The van der Waals surface area contributed by atoms with Crippen LogP contribution in [0.3, 0.4) is 0 Å². The van der Waals surface area contributed by atoms with Crippen molar-refractivity contribution in [2.24, 2.45) is 0 Å². The lowest BCUT2D eigenvalue weighted by Crippen LogP contribution is -2.18. The molecule has 0 amide bonds. The van der Waals surface area contributed by atoms with Crippen LogP contribution in [0.5, 0.6) is 0 Å². The summed E-state index contributed by atoms with van der Waals surface area (Å²) < 4.78 is 1.75. The molecule has 0 saturated heterocycles. The molecule has 1 N–H and O–H groups in total. The highest BCUT2D eigenvalue weighted by Gasteiger charge is 2.12. The summed E-state index contributed by atoms with van der Waals surface area (Å²) in [4.78, 5) is 1.74. The first-order valence-electron chi connectivity index (χ1n) is 9.52. The molecule has 0 unspecified atom stereocenters. The summed E-state index contributed by atoms with van der Waals surface area (Å²) in [5, 5.41) is 25.5. The minimum atomic E-state index is 0.661. The lowest BCUT2D eigenvalue weighted by Gasteiger charge is -2.05. The maximum absolute atomic E-state index is 4.61. The van der Waals surface area contributed by atoms with Gasteiger partial charge in [0.1, 0.15) is 11.4 Å². The molecule has 0 spiro atoms. The van der Waals surface area contributed by atoms with Gasteiger partial charge in [0.15, 0.2) is 0 Å². The number of para-hydroxylation sites is 1. The molecule has 0 radical (unpaired) electrons. The Bertz CT molecular complexity index is 1030. The Hall–Kier alpha value is -3.04. The average molecular weight is 407 g/mol. The van der Waals surface area contributed by atoms with E-state index in [1.54, 1.807) is 21.2 Å². The van der Waals surface area contributed by atoms with Gasteiger partial charge in [0.2, 0.25) is 5.16 Å². The van der Waals surface area contributed by atoms with Gasteiger partial charge >= 0.3 is 0 Å². The van der Waals surface area contributed by atoms with Gasteiger partial charge in [-0.15, -0.1) is 5.10 Å². The normalized spacial score (nSPS) is 11.1. The summed E-state index contributed by atoms with van der Waals surface area (Å²) in [5.41, 5.74) is 3.93. The minimum absolute atomic E-state index is 0.661. The number of hydrogen-bond donors (Lipinski definition) is 1. The van der Waals surface area contributed by atoms with Crippen LogP contribution in [0.1, 0.15) is 12.6 Å². The summed E-state index contributed by atoms with van der Waals surface area (Å²) in [7, 11) is 0. The largest absolute Gasteiger partial charge is 0.310 e. The number of benzene rings is 2. The van der Waals surface area contributed by atoms with Crippen LogP contribution in [0.2, 0.25) is 0 Å². The van der Waals surface area contributed by atoms with Gasteiger partial charge in [-0.25, -0.2) is 0 Å². The van der Waals surface area contributed by atoms with Gasteiger partial charge in [-0.1, -0.05) is 60.3 Å². The van der Waals surface area contributed by atoms with Crippen molar-refractivity contribution in [1.29, 1.82) is 0 Å². The molecule has 148 valence electrons. The molecule has 0 aliphatic heterocycles. The molecular formula is C20H22N8S. The first-order chi connectivity index (χ1) is 14.3. The van der Waals surface area contributed by atoms with E-state index < -0.39 is 0 Å². The third-order valence-corrected chi connectivity index (χ3v) is 5.22. The van der Waals surface area contributed by atoms with E-state index in [2.05, 4.69) is 43.2 Å². The molecule has 4 rings (SSSR count). The van der Waals surface area contributed by atoms with Gasteiger partial charge in [0, 0.05) is 24.4 Å². The van der Waals surface area contributed by atoms with Crippen LogP contribution < -0.4 is 5.32 Å². The van der Waals surface area contributed by atoms with Crippen molar-refractivity contribution in [3.05, 3.63) is 66.4 Å². The molecule has 0 aliphatic rings. The van der Waals surface area contributed by atoms with Crippen LogP contribution in [0.25, 0.3) is 16.9 Å². The monoisotopic (exact) mass is 406 g/mol. The molecule has 2 heterocycles. The van der Waals surface area contributed by atoms with Crippen molar-refractivity contribution < 1.29 is 0 Å². The van der Waals surface area contributed by atoms with E-state index in [4.69, 9.17) is 0 Å². The zero-order chi connectivity index (χ0) is 19.9. The van der Waals surface area contributed by atoms with Gasteiger partial charge < -0.3 is 5.32 Å². The Morgan fingerprint density at radius 3 is 2.48 bits per heavy atom. The van der Waals surface area contributed by atoms with E-state index in [1.165, 1.54) is 0 Å². The maximum atomic E-state index is 4.61. The molecule has 0 bridgehead atoms. The van der Waals surface area contributed by atoms with Crippen LogP contribution in [0.4, 0.5) is 0 Å². The standard InChI is InChI=1S/C20H22N8S/c1-2-27-23-18(19(24-27)16-9-5-3-6-10-16)15-21-13-14-29-20-22-25-26-28(20)17-11-7-4-8-12-17/h3-12,21H,2,13-15H2,1H3.